The SMILES string of the molecule is Cc1c(N)cc(C(F)F)nc1C(=O)Cl. The highest BCUT2D eigenvalue weighted by Crippen LogP contribution is 2.23. The lowest BCUT2D eigenvalue weighted by Gasteiger charge is -2.07. The molecule has 0 saturated heterocycles. The molecule has 0 aliphatic heterocycles. The molecule has 1 aromatic heterocycles. The number of rotatable bonds is 2. The number of carbonyl (C=O) groups is 1. The van der Waals surface area contributed by atoms with Gasteiger partial charge in [0, 0.05) is 11.3 Å². The molecule has 0 aromatic carbocycles. The molecule has 3 nitrogen and oxygen atoms in total. The Balaban J connectivity index is 3.35. The summed E-state index contributed by atoms with van der Waals surface area (Å²) in [7, 11) is 0. The number of alkyl halides is 2. The predicted octanol–water partition coefficient (Wildman–Crippen LogP) is 2.29. The Bertz CT molecular complexity index is 382. The Labute approximate surface area is 83.9 Å². The van der Waals surface area contributed by atoms with Crippen molar-refractivity contribution in [1.82, 2.24) is 4.98 Å². The van der Waals surface area contributed by atoms with Crippen LogP contribution in [-0.2, 0) is 0 Å². The van der Waals surface area contributed by atoms with Gasteiger partial charge in [-0.1, -0.05) is 0 Å². The molecule has 0 spiro atoms. The van der Waals surface area contributed by atoms with Gasteiger partial charge in [0.05, 0.1) is 0 Å². The minimum absolute atomic E-state index is 0.0827. The van der Waals surface area contributed by atoms with E-state index in [1.54, 1.807) is 0 Å². The van der Waals surface area contributed by atoms with E-state index in [9.17, 15) is 13.6 Å². The van der Waals surface area contributed by atoms with Crippen molar-refractivity contribution in [2.45, 2.75) is 13.3 Å². The van der Waals surface area contributed by atoms with Crippen LogP contribution in [-0.4, -0.2) is 10.2 Å². The minimum atomic E-state index is -2.77. The van der Waals surface area contributed by atoms with Crippen LogP contribution >= 0.6 is 11.6 Å². The number of aromatic nitrogens is 1. The van der Waals surface area contributed by atoms with Gasteiger partial charge in [-0.2, -0.15) is 0 Å². The van der Waals surface area contributed by atoms with Crippen molar-refractivity contribution in [3.8, 4) is 0 Å². The number of hydrogen-bond acceptors (Lipinski definition) is 3. The molecule has 76 valence electrons. The fourth-order valence-electron chi connectivity index (χ4n) is 0.953. The summed E-state index contributed by atoms with van der Waals surface area (Å²) in [6.45, 7) is 1.49. The highest BCUT2D eigenvalue weighted by atomic mass is 35.5. The first-order chi connectivity index (χ1) is 6.43. The van der Waals surface area contributed by atoms with E-state index in [1.165, 1.54) is 6.92 Å². The van der Waals surface area contributed by atoms with Gasteiger partial charge in [-0.25, -0.2) is 13.8 Å². The first-order valence-electron chi connectivity index (χ1n) is 3.68. The summed E-state index contributed by atoms with van der Waals surface area (Å²) in [6.07, 6.45) is -2.77. The van der Waals surface area contributed by atoms with Crippen molar-refractivity contribution in [3.05, 3.63) is 23.0 Å². The van der Waals surface area contributed by atoms with Crippen molar-refractivity contribution in [3.63, 3.8) is 0 Å². The fourth-order valence-corrected chi connectivity index (χ4v) is 1.14. The number of anilines is 1. The Hall–Kier alpha value is -1.23. The van der Waals surface area contributed by atoms with Crippen molar-refractivity contribution in [2.75, 3.05) is 5.73 Å². The van der Waals surface area contributed by atoms with E-state index in [0.29, 0.717) is 5.56 Å². The Morgan fingerprint density at radius 1 is 1.64 bits per heavy atom. The summed E-state index contributed by atoms with van der Waals surface area (Å²) < 4.78 is 24.5. The Kier molecular flexibility index (Phi) is 3.00. The van der Waals surface area contributed by atoms with Crippen LogP contribution in [0.4, 0.5) is 14.5 Å². The zero-order valence-electron chi connectivity index (χ0n) is 7.22. The first kappa shape index (κ1) is 10.8. The summed E-state index contributed by atoms with van der Waals surface area (Å²) in [4.78, 5) is 14.2. The second kappa shape index (κ2) is 3.88. The van der Waals surface area contributed by atoms with Crippen molar-refractivity contribution >= 4 is 22.5 Å². The van der Waals surface area contributed by atoms with Gasteiger partial charge in [-0.3, -0.25) is 4.79 Å². The number of halogens is 3. The van der Waals surface area contributed by atoms with Crippen LogP contribution in [0.2, 0.25) is 0 Å². The normalized spacial score (nSPS) is 10.6. The summed E-state index contributed by atoms with van der Waals surface area (Å²) in [5, 5.41) is -0.892. The van der Waals surface area contributed by atoms with Gasteiger partial charge in [-0.05, 0) is 24.6 Å². The van der Waals surface area contributed by atoms with Crippen LogP contribution < -0.4 is 5.73 Å². The molecule has 2 N–H and O–H groups in total. The smallest absolute Gasteiger partial charge is 0.280 e. The fraction of sp³-hybridized carbons (Fsp3) is 0.250. The molecule has 1 aromatic rings. The summed E-state index contributed by atoms with van der Waals surface area (Å²) >= 11 is 5.16. The monoisotopic (exact) mass is 220 g/mol. The van der Waals surface area contributed by atoms with E-state index in [4.69, 9.17) is 17.3 Å². The highest BCUT2D eigenvalue weighted by Gasteiger charge is 2.17. The largest absolute Gasteiger partial charge is 0.398 e. The lowest BCUT2D eigenvalue weighted by molar-refractivity contribution is 0.107. The molecule has 0 unspecified atom stereocenters. The van der Waals surface area contributed by atoms with Gasteiger partial charge in [0.15, 0.2) is 0 Å². The van der Waals surface area contributed by atoms with E-state index in [0.717, 1.165) is 6.07 Å². The third-order valence-electron chi connectivity index (χ3n) is 1.74. The average Bonchev–Trinajstić information content (AvgIpc) is 2.08. The van der Waals surface area contributed by atoms with Crippen LogP contribution in [0.5, 0.6) is 0 Å². The quantitative estimate of drug-likeness (QED) is 0.778. The topological polar surface area (TPSA) is 56.0 Å². The molecule has 1 heterocycles. The molecule has 14 heavy (non-hydrogen) atoms. The van der Waals surface area contributed by atoms with E-state index in [-0.39, 0.29) is 11.4 Å². The van der Waals surface area contributed by atoms with Crippen LogP contribution in [0.1, 0.15) is 28.2 Å². The summed E-state index contributed by atoms with van der Waals surface area (Å²) in [6, 6.07) is 1.03. The first-order valence-corrected chi connectivity index (χ1v) is 4.06. The number of pyridine rings is 1. The van der Waals surface area contributed by atoms with Gasteiger partial charge >= 0.3 is 0 Å². The van der Waals surface area contributed by atoms with Gasteiger partial charge in [0.2, 0.25) is 0 Å². The maximum Gasteiger partial charge on any atom is 0.280 e. The molecular formula is C8H7ClF2N2O. The number of nitrogens with zero attached hydrogens (tertiary/aromatic N) is 1. The number of nitrogen functional groups attached to an aromatic ring is 1. The number of nitrogens with two attached hydrogens (primary N) is 1. The molecule has 0 atom stereocenters. The van der Waals surface area contributed by atoms with E-state index in [1.807, 2.05) is 0 Å². The average molecular weight is 221 g/mol. The molecule has 0 amide bonds. The summed E-state index contributed by atoms with van der Waals surface area (Å²) in [5.41, 5.74) is 5.05. The molecule has 0 radical (unpaired) electrons. The predicted molar refractivity (Wildman–Crippen MR) is 48.5 cm³/mol. The zero-order chi connectivity index (χ0) is 10.9. The van der Waals surface area contributed by atoms with E-state index >= 15 is 0 Å². The molecule has 0 saturated carbocycles. The van der Waals surface area contributed by atoms with Crippen LogP contribution in [0, 0.1) is 6.92 Å². The minimum Gasteiger partial charge on any atom is -0.398 e. The lowest BCUT2D eigenvalue weighted by atomic mass is 10.1. The van der Waals surface area contributed by atoms with Crippen molar-refractivity contribution < 1.29 is 13.6 Å². The maximum absolute atomic E-state index is 12.2. The number of carbonyl (C=O) groups excluding carboxylic acids is 1. The summed E-state index contributed by atoms with van der Waals surface area (Å²) in [5.74, 6) is 0. The molecule has 0 aliphatic carbocycles. The van der Waals surface area contributed by atoms with Gasteiger partial charge in [0.25, 0.3) is 11.7 Å². The van der Waals surface area contributed by atoms with Gasteiger partial charge < -0.3 is 5.73 Å². The Morgan fingerprint density at radius 2 is 2.21 bits per heavy atom. The van der Waals surface area contributed by atoms with Crippen molar-refractivity contribution in [1.29, 1.82) is 0 Å². The van der Waals surface area contributed by atoms with Crippen LogP contribution in [0.25, 0.3) is 0 Å². The van der Waals surface area contributed by atoms with Gasteiger partial charge in [-0.15, -0.1) is 0 Å². The second-order valence-corrected chi connectivity index (χ2v) is 3.03. The van der Waals surface area contributed by atoms with E-state index < -0.39 is 17.4 Å². The van der Waals surface area contributed by atoms with Crippen molar-refractivity contribution in [2.24, 2.45) is 0 Å². The molecule has 0 fully saturated rings. The molecular weight excluding hydrogens is 214 g/mol. The molecule has 6 heteroatoms. The Morgan fingerprint density at radius 3 is 2.64 bits per heavy atom. The van der Waals surface area contributed by atoms with Crippen LogP contribution in [0.15, 0.2) is 6.07 Å². The molecule has 0 bridgehead atoms. The third-order valence-corrected chi connectivity index (χ3v) is 1.92. The maximum atomic E-state index is 12.2. The standard InChI is InChI=1S/C8H7ClF2N2O/c1-3-4(12)2-5(8(10)11)13-6(3)7(9)14/h2,8H,1H3,(H2,12,13). The van der Waals surface area contributed by atoms with Crippen LogP contribution in [0.3, 0.4) is 0 Å². The third kappa shape index (κ3) is 1.98. The lowest BCUT2D eigenvalue weighted by Crippen LogP contribution is -2.06. The molecule has 1 rings (SSSR count). The molecule has 0 aliphatic rings. The van der Waals surface area contributed by atoms with Gasteiger partial charge in [0.1, 0.15) is 11.4 Å². The number of hydrogen-bond donors (Lipinski definition) is 1. The highest BCUT2D eigenvalue weighted by molar-refractivity contribution is 6.67. The second-order valence-electron chi connectivity index (χ2n) is 2.68. The van der Waals surface area contributed by atoms with E-state index in [2.05, 4.69) is 4.98 Å². The zero-order valence-corrected chi connectivity index (χ0v) is 7.98.